The summed E-state index contributed by atoms with van der Waals surface area (Å²) < 4.78 is 0. The lowest BCUT2D eigenvalue weighted by Gasteiger charge is -2.25. The number of carboxylic acids is 1. The van der Waals surface area contributed by atoms with Crippen LogP contribution in [-0.4, -0.2) is 40.1 Å². The van der Waals surface area contributed by atoms with Crippen molar-refractivity contribution in [3.8, 4) is 0 Å². The zero-order valence-corrected chi connectivity index (χ0v) is 18.3. The molecule has 0 aliphatic heterocycles. The number of carboxylic acid groups (broad SMARTS) is 1. The summed E-state index contributed by atoms with van der Waals surface area (Å²) in [5.74, 6) is -2.67. The fraction of sp³-hybridized carbons (Fsp3) is 0.160. The quantitative estimate of drug-likeness (QED) is 0.387. The minimum Gasteiger partial charge on any atom is -0.480 e. The summed E-state index contributed by atoms with van der Waals surface area (Å²) in [6.45, 7) is 0. The van der Waals surface area contributed by atoms with Gasteiger partial charge in [-0.2, -0.15) is 0 Å². The Kier molecular flexibility index (Phi) is 8.18. The van der Waals surface area contributed by atoms with Crippen molar-refractivity contribution in [1.82, 2.24) is 10.6 Å². The Hall–Kier alpha value is -3.68. The Morgan fingerprint density at radius 1 is 0.848 bits per heavy atom. The first-order valence-electron chi connectivity index (χ1n) is 10.2. The fourth-order valence-electron chi connectivity index (χ4n) is 3.33. The van der Waals surface area contributed by atoms with Crippen LogP contribution in [0.5, 0.6) is 0 Å². The number of carbonyl (C=O) groups excluding carboxylic acids is 2. The van der Waals surface area contributed by atoms with Crippen molar-refractivity contribution in [3.63, 3.8) is 0 Å². The van der Waals surface area contributed by atoms with Crippen molar-refractivity contribution in [1.29, 1.82) is 0 Å². The monoisotopic (exact) mass is 466 g/mol. The van der Waals surface area contributed by atoms with Crippen molar-refractivity contribution >= 4 is 29.4 Å². The average molecular weight is 467 g/mol. The maximum Gasteiger partial charge on any atom is 0.326 e. The molecule has 33 heavy (non-hydrogen) atoms. The summed E-state index contributed by atoms with van der Waals surface area (Å²) >= 11 is 5.96. The molecule has 2 amide bonds. The number of carbonyl (C=O) groups is 3. The molecule has 3 aromatic rings. The largest absolute Gasteiger partial charge is 0.480 e. The molecule has 0 aliphatic carbocycles. The van der Waals surface area contributed by atoms with Crippen LogP contribution in [0.1, 0.15) is 27.5 Å². The summed E-state index contributed by atoms with van der Waals surface area (Å²) in [5, 5.41) is 25.9. The molecular weight excluding hydrogens is 444 g/mol. The topological polar surface area (TPSA) is 116 Å². The van der Waals surface area contributed by atoms with Gasteiger partial charge in [0.1, 0.15) is 6.04 Å². The second-order valence-corrected chi connectivity index (χ2v) is 7.84. The SMILES string of the molecule is O=C(N[C@@H](c1ccccc1)[C@@H](O)C(=O)N[C@H](Cc1cccc(Cl)c1)C(=O)O)c1ccccc1. The molecule has 0 heterocycles. The van der Waals surface area contributed by atoms with E-state index in [0.717, 1.165) is 0 Å². The van der Waals surface area contributed by atoms with Crippen molar-refractivity contribution in [2.24, 2.45) is 0 Å². The lowest BCUT2D eigenvalue weighted by Crippen LogP contribution is -2.50. The van der Waals surface area contributed by atoms with E-state index in [-0.39, 0.29) is 6.42 Å². The normalized spacial score (nSPS) is 13.4. The van der Waals surface area contributed by atoms with E-state index in [2.05, 4.69) is 10.6 Å². The molecule has 0 saturated carbocycles. The van der Waals surface area contributed by atoms with Gasteiger partial charge in [0.25, 0.3) is 11.8 Å². The number of aliphatic hydroxyl groups is 1. The smallest absolute Gasteiger partial charge is 0.326 e. The van der Waals surface area contributed by atoms with Gasteiger partial charge in [0.15, 0.2) is 6.10 Å². The van der Waals surface area contributed by atoms with Crippen LogP contribution in [0.2, 0.25) is 5.02 Å². The predicted octanol–water partition coefficient (Wildman–Crippen LogP) is 2.98. The predicted molar refractivity (Wildman–Crippen MR) is 124 cm³/mol. The Bertz CT molecular complexity index is 1110. The first kappa shape index (κ1) is 24.0. The van der Waals surface area contributed by atoms with Gasteiger partial charge in [-0.3, -0.25) is 9.59 Å². The molecule has 3 atom stereocenters. The van der Waals surface area contributed by atoms with Crippen LogP contribution >= 0.6 is 11.6 Å². The van der Waals surface area contributed by atoms with E-state index >= 15 is 0 Å². The van der Waals surface area contributed by atoms with E-state index in [1.165, 1.54) is 0 Å². The molecular formula is C25H23ClN2O5. The maximum atomic E-state index is 12.8. The van der Waals surface area contributed by atoms with E-state index in [4.69, 9.17) is 11.6 Å². The zero-order chi connectivity index (χ0) is 23.8. The van der Waals surface area contributed by atoms with Gasteiger partial charge in [-0.1, -0.05) is 72.3 Å². The summed E-state index contributed by atoms with van der Waals surface area (Å²) in [6.07, 6.45) is -1.76. The van der Waals surface area contributed by atoms with Crippen molar-refractivity contribution in [2.75, 3.05) is 0 Å². The van der Waals surface area contributed by atoms with Crippen LogP contribution < -0.4 is 10.6 Å². The molecule has 0 unspecified atom stereocenters. The van der Waals surface area contributed by atoms with Crippen molar-refractivity contribution in [2.45, 2.75) is 24.6 Å². The molecule has 8 heteroatoms. The highest BCUT2D eigenvalue weighted by Gasteiger charge is 2.32. The van der Waals surface area contributed by atoms with Gasteiger partial charge in [0, 0.05) is 17.0 Å². The van der Waals surface area contributed by atoms with Gasteiger partial charge in [0.05, 0.1) is 6.04 Å². The van der Waals surface area contributed by atoms with Crippen LogP contribution in [0.25, 0.3) is 0 Å². The third-order valence-electron chi connectivity index (χ3n) is 5.01. The number of nitrogens with one attached hydrogen (secondary N) is 2. The zero-order valence-electron chi connectivity index (χ0n) is 17.5. The minimum absolute atomic E-state index is 0.0271. The highest BCUT2D eigenvalue weighted by molar-refractivity contribution is 6.30. The molecule has 0 radical (unpaired) electrons. The number of halogens is 1. The fourth-order valence-corrected chi connectivity index (χ4v) is 3.54. The molecule has 0 spiro atoms. The Labute approximate surface area is 196 Å². The number of aliphatic hydroxyl groups excluding tert-OH is 1. The van der Waals surface area contributed by atoms with E-state index in [0.29, 0.717) is 21.7 Å². The molecule has 0 bridgehead atoms. The highest BCUT2D eigenvalue weighted by Crippen LogP contribution is 2.19. The van der Waals surface area contributed by atoms with Gasteiger partial charge in [-0.25, -0.2) is 4.79 Å². The Morgan fingerprint density at radius 3 is 2.09 bits per heavy atom. The maximum absolute atomic E-state index is 12.8. The second kappa shape index (κ2) is 11.3. The van der Waals surface area contributed by atoms with Gasteiger partial charge < -0.3 is 20.8 Å². The molecule has 0 aliphatic rings. The number of aliphatic carboxylic acids is 1. The number of hydrogen-bond acceptors (Lipinski definition) is 4. The van der Waals surface area contributed by atoms with Gasteiger partial charge >= 0.3 is 5.97 Å². The van der Waals surface area contributed by atoms with Crippen LogP contribution in [-0.2, 0) is 16.0 Å². The van der Waals surface area contributed by atoms with Crippen LogP contribution in [0.15, 0.2) is 84.9 Å². The number of rotatable bonds is 9. The molecule has 0 aromatic heterocycles. The van der Waals surface area contributed by atoms with E-state index in [9.17, 15) is 24.6 Å². The van der Waals surface area contributed by atoms with Gasteiger partial charge in [0.2, 0.25) is 0 Å². The third kappa shape index (κ3) is 6.65. The van der Waals surface area contributed by atoms with Crippen molar-refractivity contribution in [3.05, 3.63) is 107 Å². The lowest BCUT2D eigenvalue weighted by atomic mass is 9.99. The number of benzene rings is 3. The third-order valence-corrected chi connectivity index (χ3v) is 5.24. The molecule has 0 saturated heterocycles. The molecule has 170 valence electrons. The molecule has 3 rings (SSSR count). The molecule has 3 aromatic carbocycles. The van der Waals surface area contributed by atoms with Crippen LogP contribution in [0, 0.1) is 0 Å². The van der Waals surface area contributed by atoms with Crippen LogP contribution in [0.3, 0.4) is 0 Å². The van der Waals surface area contributed by atoms with Gasteiger partial charge in [-0.15, -0.1) is 0 Å². The van der Waals surface area contributed by atoms with Crippen molar-refractivity contribution < 1.29 is 24.6 Å². The summed E-state index contributed by atoms with van der Waals surface area (Å²) in [5.41, 5.74) is 1.46. The standard InChI is InChI=1S/C25H23ClN2O5/c26-19-13-7-8-16(14-19)15-20(25(32)33)27-24(31)22(29)21(17-9-3-1-4-10-17)28-23(30)18-11-5-2-6-12-18/h1-14,20-22,29H,15H2,(H,27,31)(H,28,30)(H,32,33)/t20-,21+,22-/m1/s1. The van der Waals surface area contributed by atoms with E-state index in [1.807, 2.05) is 0 Å². The average Bonchev–Trinajstić information content (AvgIpc) is 2.82. The minimum atomic E-state index is -1.73. The summed E-state index contributed by atoms with van der Waals surface area (Å²) in [4.78, 5) is 37.3. The Balaban J connectivity index is 1.79. The molecule has 4 N–H and O–H groups in total. The highest BCUT2D eigenvalue weighted by atomic mass is 35.5. The van der Waals surface area contributed by atoms with Crippen LogP contribution in [0.4, 0.5) is 0 Å². The second-order valence-electron chi connectivity index (χ2n) is 7.41. The molecule has 7 nitrogen and oxygen atoms in total. The molecule has 0 fully saturated rings. The first-order valence-corrected chi connectivity index (χ1v) is 10.6. The Morgan fingerprint density at radius 2 is 1.48 bits per heavy atom. The summed E-state index contributed by atoms with van der Waals surface area (Å²) in [7, 11) is 0. The van der Waals surface area contributed by atoms with Gasteiger partial charge in [-0.05, 0) is 35.4 Å². The van der Waals surface area contributed by atoms with E-state index in [1.54, 1.807) is 84.9 Å². The number of amides is 2. The van der Waals surface area contributed by atoms with E-state index < -0.39 is 36.0 Å². The first-order chi connectivity index (χ1) is 15.8. The summed E-state index contributed by atoms with van der Waals surface area (Å²) in [6, 6.07) is 21.1. The number of hydrogen-bond donors (Lipinski definition) is 4. The lowest BCUT2D eigenvalue weighted by molar-refractivity contribution is -0.143.